The quantitative estimate of drug-likeness (QED) is 0.455. The molecule has 2 saturated heterocycles. The predicted octanol–water partition coefficient (Wildman–Crippen LogP) is 4.44. The second kappa shape index (κ2) is 11.8. The number of rotatable bonds is 8. The van der Waals surface area contributed by atoms with Crippen LogP contribution in [-0.2, 0) is 14.4 Å². The molecule has 2 heterocycles. The van der Waals surface area contributed by atoms with Gasteiger partial charge >= 0.3 is 0 Å². The highest BCUT2D eigenvalue weighted by Crippen LogP contribution is 2.39. The van der Waals surface area contributed by atoms with Crippen LogP contribution < -0.4 is 14.8 Å². The van der Waals surface area contributed by atoms with Gasteiger partial charge in [0.1, 0.15) is 6.54 Å². The van der Waals surface area contributed by atoms with Gasteiger partial charge in [0, 0.05) is 18.8 Å². The minimum atomic E-state index is -0.509. The summed E-state index contributed by atoms with van der Waals surface area (Å²) in [6, 6.07) is 10.8. The molecule has 2 fully saturated rings. The summed E-state index contributed by atoms with van der Waals surface area (Å²) >= 11 is 4.23. The molecule has 2 aromatic rings. The number of ether oxygens (including phenoxy) is 2. The molecule has 4 rings (SSSR count). The van der Waals surface area contributed by atoms with Crippen LogP contribution in [0.5, 0.6) is 11.5 Å². The summed E-state index contributed by atoms with van der Waals surface area (Å²) in [6.45, 7) is 2.74. The zero-order valence-electron chi connectivity index (χ0n) is 20.4. The Morgan fingerprint density at radius 1 is 1.16 bits per heavy atom. The lowest BCUT2D eigenvalue weighted by molar-refractivity contribution is -0.135. The predicted molar refractivity (Wildman–Crippen MR) is 144 cm³/mol. The van der Waals surface area contributed by atoms with Crippen molar-refractivity contribution in [2.45, 2.75) is 19.8 Å². The SMILES string of the molecule is COc1cc(/C=C2\SC(=O)N(CC(=O)N3CCCC3)C2=O)cc(Br)c1OCC(=O)Nc1cccc(C)c1. The van der Waals surface area contributed by atoms with Crippen molar-refractivity contribution < 1.29 is 28.7 Å². The summed E-state index contributed by atoms with van der Waals surface area (Å²) in [4.78, 5) is 53.0. The minimum absolute atomic E-state index is 0.208. The maximum atomic E-state index is 12.9. The van der Waals surface area contributed by atoms with Crippen LogP contribution in [-0.4, -0.2) is 66.1 Å². The van der Waals surface area contributed by atoms with Crippen LogP contribution in [0.2, 0.25) is 0 Å². The Morgan fingerprint density at radius 2 is 1.92 bits per heavy atom. The number of nitrogens with zero attached hydrogens (tertiary/aromatic N) is 2. The molecule has 2 aliphatic rings. The first-order chi connectivity index (χ1) is 17.7. The largest absolute Gasteiger partial charge is 0.493 e. The summed E-state index contributed by atoms with van der Waals surface area (Å²) in [6.07, 6.45) is 3.43. The second-order valence-corrected chi connectivity index (χ2v) is 10.4. The van der Waals surface area contributed by atoms with Gasteiger partial charge in [-0.25, -0.2) is 0 Å². The molecule has 0 radical (unpaired) electrons. The van der Waals surface area contributed by atoms with Crippen molar-refractivity contribution in [2.75, 3.05) is 38.7 Å². The molecule has 2 aliphatic heterocycles. The van der Waals surface area contributed by atoms with Crippen LogP contribution in [0.1, 0.15) is 24.0 Å². The molecule has 11 heteroatoms. The molecular formula is C26H26BrN3O6S. The monoisotopic (exact) mass is 587 g/mol. The van der Waals surface area contributed by atoms with E-state index in [0.717, 1.165) is 35.1 Å². The van der Waals surface area contributed by atoms with Crippen molar-refractivity contribution in [3.63, 3.8) is 0 Å². The number of likely N-dealkylation sites (tertiary alicyclic amines) is 1. The van der Waals surface area contributed by atoms with E-state index >= 15 is 0 Å². The van der Waals surface area contributed by atoms with Gasteiger partial charge in [-0.15, -0.1) is 0 Å². The van der Waals surface area contributed by atoms with Crippen LogP contribution in [0.15, 0.2) is 45.8 Å². The number of thioether (sulfide) groups is 1. The Bertz CT molecular complexity index is 1270. The van der Waals surface area contributed by atoms with Crippen LogP contribution in [0, 0.1) is 6.92 Å². The fourth-order valence-electron chi connectivity index (χ4n) is 4.01. The van der Waals surface area contributed by atoms with Crippen molar-refractivity contribution in [1.82, 2.24) is 9.80 Å². The van der Waals surface area contributed by atoms with Crippen molar-refractivity contribution >= 4 is 62.4 Å². The van der Waals surface area contributed by atoms with Crippen molar-refractivity contribution in [3.05, 3.63) is 56.9 Å². The normalized spacial score (nSPS) is 16.5. The molecule has 0 spiro atoms. The molecule has 0 bridgehead atoms. The third-order valence-corrected chi connectivity index (χ3v) is 7.32. The molecule has 0 saturated carbocycles. The van der Waals surface area contributed by atoms with Gasteiger partial charge in [-0.05, 0) is 88.9 Å². The first-order valence-corrected chi connectivity index (χ1v) is 13.3. The number of carbonyl (C=O) groups excluding carboxylic acids is 4. The topological polar surface area (TPSA) is 105 Å². The lowest BCUT2D eigenvalue weighted by Gasteiger charge is -2.18. The number of imide groups is 1. The lowest BCUT2D eigenvalue weighted by Crippen LogP contribution is -2.40. The molecule has 0 aromatic heterocycles. The minimum Gasteiger partial charge on any atom is -0.493 e. The van der Waals surface area contributed by atoms with Crippen LogP contribution in [0.3, 0.4) is 0 Å². The molecule has 1 N–H and O–H groups in total. The fourth-order valence-corrected chi connectivity index (χ4v) is 5.42. The highest BCUT2D eigenvalue weighted by atomic mass is 79.9. The van der Waals surface area contributed by atoms with E-state index in [9.17, 15) is 19.2 Å². The third-order valence-electron chi connectivity index (χ3n) is 5.82. The lowest BCUT2D eigenvalue weighted by atomic mass is 10.2. The Morgan fingerprint density at radius 3 is 2.62 bits per heavy atom. The number of benzene rings is 2. The Balaban J connectivity index is 1.43. The van der Waals surface area contributed by atoms with Crippen molar-refractivity contribution in [3.8, 4) is 11.5 Å². The number of hydrogen-bond donors (Lipinski definition) is 1. The van der Waals surface area contributed by atoms with Crippen LogP contribution in [0.25, 0.3) is 6.08 Å². The Kier molecular flexibility index (Phi) is 8.55. The molecule has 0 unspecified atom stereocenters. The molecule has 0 aliphatic carbocycles. The molecule has 2 aromatic carbocycles. The number of nitrogens with one attached hydrogen (secondary N) is 1. The van der Waals surface area contributed by atoms with E-state index in [1.54, 1.807) is 29.2 Å². The molecular weight excluding hydrogens is 562 g/mol. The smallest absolute Gasteiger partial charge is 0.294 e. The standard InChI is InChI=1S/C26H26BrN3O6S/c1-16-6-5-7-18(10-16)28-22(31)15-36-24-19(27)11-17(12-20(24)35-2)13-21-25(33)30(26(34)37-21)14-23(32)29-8-3-4-9-29/h5-7,10-13H,3-4,8-9,14-15H2,1-2H3,(H,28,31)/b21-13-. The van der Waals surface area contributed by atoms with Gasteiger partial charge in [-0.1, -0.05) is 12.1 Å². The van der Waals surface area contributed by atoms with E-state index in [0.29, 0.717) is 40.3 Å². The number of amides is 4. The van der Waals surface area contributed by atoms with E-state index in [4.69, 9.17) is 9.47 Å². The van der Waals surface area contributed by atoms with Gasteiger partial charge in [0.15, 0.2) is 18.1 Å². The van der Waals surface area contributed by atoms with Crippen LogP contribution >= 0.6 is 27.7 Å². The summed E-state index contributed by atoms with van der Waals surface area (Å²) in [5.41, 5.74) is 2.28. The number of methoxy groups -OCH3 is 1. The Labute approximate surface area is 227 Å². The number of aryl methyl sites for hydroxylation is 1. The van der Waals surface area contributed by atoms with Gasteiger partial charge < -0.3 is 19.7 Å². The summed E-state index contributed by atoms with van der Waals surface area (Å²) < 4.78 is 11.7. The van der Waals surface area contributed by atoms with E-state index in [1.165, 1.54) is 7.11 Å². The first kappa shape index (κ1) is 26.7. The zero-order valence-corrected chi connectivity index (χ0v) is 22.8. The highest BCUT2D eigenvalue weighted by molar-refractivity contribution is 9.10. The highest BCUT2D eigenvalue weighted by Gasteiger charge is 2.37. The first-order valence-electron chi connectivity index (χ1n) is 11.6. The third kappa shape index (κ3) is 6.53. The summed E-state index contributed by atoms with van der Waals surface area (Å²) in [7, 11) is 1.46. The van der Waals surface area contributed by atoms with E-state index < -0.39 is 11.1 Å². The number of anilines is 1. The van der Waals surface area contributed by atoms with E-state index in [-0.39, 0.29) is 29.9 Å². The Hall–Kier alpha value is -3.31. The summed E-state index contributed by atoms with van der Waals surface area (Å²) in [5, 5.41) is 2.30. The van der Waals surface area contributed by atoms with E-state index in [1.807, 2.05) is 25.1 Å². The van der Waals surface area contributed by atoms with Crippen molar-refractivity contribution in [2.24, 2.45) is 0 Å². The van der Waals surface area contributed by atoms with Gasteiger partial charge in [0.05, 0.1) is 16.5 Å². The van der Waals surface area contributed by atoms with Crippen molar-refractivity contribution in [1.29, 1.82) is 0 Å². The second-order valence-electron chi connectivity index (χ2n) is 8.60. The van der Waals surface area contributed by atoms with Gasteiger partial charge in [-0.3, -0.25) is 24.1 Å². The van der Waals surface area contributed by atoms with Gasteiger partial charge in [0.25, 0.3) is 17.1 Å². The molecule has 0 atom stereocenters. The molecule has 37 heavy (non-hydrogen) atoms. The maximum Gasteiger partial charge on any atom is 0.294 e. The maximum absolute atomic E-state index is 12.9. The van der Waals surface area contributed by atoms with Gasteiger partial charge in [-0.2, -0.15) is 0 Å². The number of halogens is 1. The zero-order chi connectivity index (χ0) is 26.5. The fraction of sp³-hybridized carbons (Fsp3) is 0.308. The summed E-state index contributed by atoms with van der Waals surface area (Å²) in [5.74, 6) is -0.402. The average Bonchev–Trinajstić information content (AvgIpc) is 3.48. The number of hydrogen-bond acceptors (Lipinski definition) is 7. The molecule has 194 valence electrons. The van der Waals surface area contributed by atoms with Crippen LogP contribution in [0.4, 0.5) is 10.5 Å². The molecule has 9 nitrogen and oxygen atoms in total. The molecule has 4 amide bonds. The van der Waals surface area contributed by atoms with Gasteiger partial charge in [0.2, 0.25) is 5.91 Å². The number of carbonyl (C=O) groups is 4. The average molecular weight is 588 g/mol. The van der Waals surface area contributed by atoms with E-state index in [2.05, 4.69) is 21.2 Å².